The Morgan fingerprint density at radius 1 is 1.38 bits per heavy atom. The van der Waals surface area contributed by atoms with Gasteiger partial charge in [-0.25, -0.2) is 4.39 Å². The molecule has 1 N–H and O–H groups in total. The Morgan fingerprint density at radius 2 is 2.12 bits per heavy atom. The number of halogens is 2. The second kappa shape index (κ2) is 6.99. The van der Waals surface area contributed by atoms with Crippen LogP contribution in [-0.4, -0.2) is 32.1 Å². The van der Waals surface area contributed by atoms with Crippen molar-refractivity contribution < 1.29 is 4.39 Å². The van der Waals surface area contributed by atoms with Gasteiger partial charge in [-0.15, -0.1) is 0 Å². The van der Waals surface area contributed by atoms with E-state index in [0.717, 1.165) is 29.5 Å². The van der Waals surface area contributed by atoms with Crippen LogP contribution in [0.15, 0.2) is 22.7 Å². The molecule has 0 aliphatic rings. The molecule has 0 saturated carbocycles. The molecule has 1 rings (SSSR count). The molecule has 1 aromatic rings. The van der Waals surface area contributed by atoms with Gasteiger partial charge in [0.2, 0.25) is 0 Å². The maximum Gasteiger partial charge on any atom is 0.123 e. The van der Waals surface area contributed by atoms with Gasteiger partial charge in [0.15, 0.2) is 0 Å². The van der Waals surface area contributed by atoms with Crippen LogP contribution in [0.3, 0.4) is 0 Å². The first-order valence-electron chi connectivity index (χ1n) is 5.39. The molecule has 0 aromatic heterocycles. The van der Waals surface area contributed by atoms with E-state index in [9.17, 15) is 4.39 Å². The molecule has 1 aromatic carbocycles. The van der Waals surface area contributed by atoms with Gasteiger partial charge >= 0.3 is 0 Å². The maximum absolute atomic E-state index is 13.0. The second-order valence-corrected chi connectivity index (χ2v) is 4.92. The molecule has 0 amide bonds. The number of hydrogen-bond donors (Lipinski definition) is 1. The van der Waals surface area contributed by atoms with Gasteiger partial charge in [0.1, 0.15) is 5.82 Å². The van der Waals surface area contributed by atoms with Gasteiger partial charge < -0.3 is 10.2 Å². The third-order valence-corrected chi connectivity index (χ3v) is 3.06. The minimum Gasteiger partial charge on any atom is -0.313 e. The third-order valence-electron chi connectivity index (χ3n) is 2.28. The summed E-state index contributed by atoms with van der Waals surface area (Å²) < 4.78 is 13.9. The summed E-state index contributed by atoms with van der Waals surface area (Å²) in [5, 5.41) is 3.30. The Kier molecular flexibility index (Phi) is 5.95. The molecule has 0 atom stereocenters. The number of nitrogens with zero attached hydrogens (tertiary/aromatic N) is 1. The van der Waals surface area contributed by atoms with Crippen molar-refractivity contribution >= 4 is 15.9 Å². The minimum atomic E-state index is -0.187. The molecule has 0 aliphatic heterocycles. The summed E-state index contributed by atoms with van der Waals surface area (Å²) in [6, 6.07) is 4.76. The van der Waals surface area contributed by atoms with Gasteiger partial charge in [-0.2, -0.15) is 0 Å². The minimum absolute atomic E-state index is 0.187. The molecule has 0 spiro atoms. The summed E-state index contributed by atoms with van der Waals surface area (Å²) in [5.74, 6) is -0.187. The van der Waals surface area contributed by atoms with Crippen molar-refractivity contribution in [2.24, 2.45) is 0 Å². The predicted molar refractivity (Wildman–Crippen MR) is 69.0 cm³/mol. The molecule has 0 aliphatic carbocycles. The highest BCUT2D eigenvalue weighted by atomic mass is 79.9. The van der Waals surface area contributed by atoms with Gasteiger partial charge in [-0.3, -0.25) is 0 Å². The quantitative estimate of drug-likeness (QED) is 0.810. The van der Waals surface area contributed by atoms with Crippen LogP contribution >= 0.6 is 15.9 Å². The number of benzene rings is 1. The zero-order chi connectivity index (χ0) is 12.0. The Morgan fingerprint density at radius 3 is 2.81 bits per heavy atom. The first-order chi connectivity index (χ1) is 7.59. The molecule has 4 heteroatoms. The molecule has 0 fully saturated rings. The van der Waals surface area contributed by atoms with E-state index >= 15 is 0 Å². The van der Waals surface area contributed by atoms with Gasteiger partial charge in [0, 0.05) is 11.0 Å². The Balaban J connectivity index is 2.29. The van der Waals surface area contributed by atoms with Crippen molar-refractivity contribution in [3.8, 4) is 0 Å². The summed E-state index contributed by atoms with van der Waals surface area (Å²) in [4.78, 5) is 2.15. The lowest BCUT2D eigenvalue weighted by Crippen LogP contribution is -2.21. The van der Waals surface area contributed by atoms with Crippen molar-refractivity contribution in [1.82, 2.24) is 10.2 Å². The van der Waals surface area contributed by atoms with E-state index in [2.05, 4.69) is 40.2 Å². The Labute approximate surface area is 105 Å². The highest BCUT2D eigenvalue weighted by molar-refractivity contribution is 9.10. The van der Waals surface area contributed by atoms with E-state index < -0.39 is 0 Å². The first-order valence-corrected chi connectivity index (χ1v) is 6.18. The average molecular weight is 289 g/mol. The van der Waals surface area contributed by atoms with Crippen LogP contribution < -0.4 is 5.32 Å². The van der Waals surface area contributed by atoms with Crippen LogP contribution in [0.5, 0.6) is 0 Å². The summed E-state index contributed by atoms with van der Waals surface area (Å²) in [6.45, 7) is 2.71. The van der Waals surface area contributed by atoms with Crippen LogP contribution in [0.1, 0.15) is 12.0 Å². The normalized spacial score (nSPS) is 11.1. The number of hydrogen-bond acceptors (Lipinski definition) is 2. The van der Waals surface area contributed by atoms with Crippen molar-refractivity contribution in [2.45, 2.75) is 13.0 Å². The van der Waals surface area contributed by atoms with Crippen LogP contribution in [0.25, 0.3) is 0 Å². The van der Waals surface area contributed by atoms with Crippen molar-refractivity contribution in [3.63, 3.8) is 0 Å². The zero-order valence-corrected chi connectivity index (χ0v) is 11.3. The lowest BCUT2D eigenvalue weighted by atomic mass is 10.2. The van der Waals surface area contributed by atoms with Crippen molar-refractivity contribution in [1.29, 1.82) is 0 Å². The Bertz CT molecular complexity index is 329. The van der Waals surface area contributed by atoms with E-state index in [1.807, 2.05) is 0 Å². The van der Waals surface area contributed by atoms with E-state index in [-0.39, 0.29) is 5.82 Å². The number of nitrogens with one attached hydrogen (secondary N) is 1. The lowest BCUT2D eigenvalue weighted by Gasteiger charge is -2.10. The number of rotatable bonds is 6. The molecule has 0 heterocycles. The fraction of sp³-hybridized carbons (Fsp3) is 0.500. The topological polar surface area (TPSA) is 15.3 Å². The summed E-state index contributed by atoms with van der Waals surface area (Å²) in [7, 11) is 4.12. The van der Waals surface area contributed by atoms with Crippen LogP contribution in [0, 0.1) is 5.82 Å². The van der Waals surface area contributed by atoms with Crippen LogP contribution in [0.2, 0.25) is 0 Å². The molecule has 90 valence electrons. The fourth-order valence-electron chi connectivity index (χ4n) is 1.42. The summed E-state index contributed by atoms with van der Waals surface area (Å²) >= 11 is 3.41. The predicted octanol–water partition coefficient (Wildman–Crippen LogP) is 2.63. The second-order valence-electron chi connectivity index (χ2n) is 4.07. The highest BCUT2D eigenvalue weighted by Gasteiger charge is 2.01. The molecule has 0 saturated heterocycles. The zero-order valence-electron chi connectivity index (χ0n) is 9.76. The SMILES string of the molecule is CN(C)CCCNCc1cc(F)ccc1Br. The maximum atomic E-state index is 13.0. The van der Waals surface area contributed by atoms with Gasteiger partial charge in [-0.05, 0) is 57.4 Å². The van der Waals surface area contributed by atoms with Gasteiger partial charge in [-0.1, -0.05) is 15.9 Å². The monoisotopic (exact) mass is 288 g/mol. The molecule has 0 radical (unpaired) electrons. The standard InChI is InChI=1S/C12H18BrFN2/c1-16(2)7-3-6-15-9-10-8-11(14)4-5-12(10)13/h4-5,8,15H,3,6-7,9H2,1-2H3. The largest absolute Gasteiger partial charge is 0.313 e. The molecular weight excluding hydrogens is 271 g/mol. The molecule has 2 nitrogen and oxygen atoms in total. The smallest absolute Gasteiger partial charge is 0.123 e. The van der Waals surface area contributed by atoms with Gasteiger partial charge in [0.25, 0.3) is 0 Å². The van der Waals surface area contributed by atoms with Crippen LogP contribution in [-0.2, 0) is 6.54 Å². The molecule has 16 heavy (non-hydrogen) atoms. The lowest BCUT2D eigenvalue weighted by molar-refractivity contribution is 0.394. The fourth-order valence-corrected chi connectivity index (χ4v) is 1.81. The Hall–Kier alpha value is -0.450. The first kappa shape index (κ1) is 13.6. The van der Waals surface area contributed by atoms with Crippen molar-refractivity contribution in [2.75, 3.05) is 27.2 Å². The van der Waals surface area contributed by atoms with Crippen LogP contribution in [0.4, 0.5) is 4.39 Å². The van der Waals surface area contributed by atoms with E-state index in [0.29, 0.717) is 6.54 Å². The summed E-state index contributed by atoms with van der Waals surface area (Å²) in [5.41, 5.74) is 0.963. The summed E-state index contributed by atoms with van der Waals surface area (Å²) in [6.07, 6.45) is 1.10. The average Bonchev–Trinajstić information content (AvgIpc) is 2.22. The highest BCUT2D eigenvalue weighted by Crippen LogP contribution is 2.17. The molecule has 0 unspecified atom stereocenters. The van der Waals surface area contributed by atoms with Crippen molar-refractivity contribution in [3.05, 3.63) is 34.1 Å². The van der Waals surface area contributed by atoms with E-state index in [1.165, 1.54) is 6.07 Å². The molecular formula is C12H18BrFN2. The van der Waals surface area contributed by atoms with E-state index in [1.54, 1.807) is 12.1 Å². The third kappa shape index (κ3) is 5.05. The van der Waals surface area contributed by atoms with Gasteiger partial charge in [0.05, 0.1) is 0 Å². The van der Waals surface area contributed by atoms with E-state index in [4.69, 9.17) is 0 Å². The molecule has 0 bridgehead atoms.